The van der Waals surface area contributed by atoms with Crippen molar-refractivity contribution < 1.29 is 9.59 Å². The Morgan fingerprint density at radius 1 is 1.08 bits per heavy atom. The predicted molar refractivity (Wildman–Crippen MR) is 98.1 cm³/mol. The third-order valence-electron chi connectivity index (χ3n) is 4.66. The molecule has 1 heterocycles. The normalized spacial score (nSPS) is 18.2. The maximum Gasteiger partial charge on any atom is 0.220 e. The molecule has 2 aromatic rings. The molecule has 130 valence electrons. The minimum absolute atomic E-state index is 0.0401. The summed E-state index contributed by atoms with van der Waals surface area (Å²) in [5.41, 5.74) is 2.41. The molecule has 2 atom stereocenters. The van der Waals surface area contributed by atoms with Crippen molar-refractivity contribution in [3.05, 3.63) is 71.8 Å². The zero-order valence-corrected chi connectivity index (χ0v) is 14.3. The maximum absolute atomic E-state index is 12.5. The summed E-state index contributed by atoms with van der Waals surface area (Å²) >= 11 is 0. The monoisotopic (exact) mass is 336 g/mol. The molecule has 1 fully saturated rings. The zero-order valence-electron chi connectivity index (χ0n) is 14.3. The van der Waals surface area contributed by atoms with Gasteiger partial charge < -0.3 is 10.6 Å². The van der Waals surface area contributed by atoms with Crippen molar-refractivity contribution in [2.24, 2.45) is 0 Å². The second-order valence-electron chi connectivity index (χ2n) is 6.61. The largest absolute Gasteiger partial charge is 0.354 e. The fourth-order valence-corrected chi connectivity index (χ4v) is 3.30. The maximum atomic E-state index is 12.5. The summed E-state index contributed by atoms with van der Waals surface area (Å²) in [6.45, 7) is 0.527. The standard InChI is InChI=1S/C21H24N2O2/c24-20-12-11-19(15-22-20)23-21(25)14-18(17-9-5-2-6-10-17)13-16-7-3-1-4-8-16/h1-10,18-19H,11-15H2,(H,22,24)(H,23,25)/t18-,19-/m1/s1. The Bertz CT molecular complexity index is 690. The van der Waals surface area contributed by atoms with Crippen LogP contribution in [0.15, 0.2) is 60.7 Å². The minimum atomic E-state index is 0.0401. The number of rotatable bonds is 6. The molecule has 0 spiro atoms. The van der Waals surface area contributed by atoms with E-state index in [0.29, 0.717) is 25.8 Å². The summed E-state index contributed by atoms with van der Waals surface area (Å²) in [5, 5.41) is 5.88. The molecule has 4 nitrogen and oxygen atoms in total. The van der Waals surface area contributed by atoms with Gasteiger partial charge in [-0.3, -0.25) is 9.59 Å². The molecular weight excluding hydrogens is 312 g/mol. The van der Waals surface area contributed by atoms with Gasteiger partial charge in [0.1, 0.15) is 0 Å². The van der Waals surface area contributed by atoms with Crippen LogP contribution in [0.5, 0.6) is 0 Å². The first kappa shape index (κ1) is 17.2. The summed E-state index contributed by atoms with van der Waals surface area (Å²) in [7, 11) is 0. The summed E-state index contributed by atoms with van der Waals surface area (Å²) in [6, 6.07) is 20.5. The fourth-order valence-electron chi connectivity index (χ4n) is 3.30. The van der Waals surface area contributed by atoms with Gasteiger partial charge in [-0.2, -0.15) is 0 Å². The molecule has 0 radical (unpaired) electrons. The van der Waals surface area contributed by atoms with Gasteiger partial charge in [0.05, 0.1) is 0 Å². The summed E-state index contributed by atoms with van der Waals surface area (Å²) < 4.78 is 0. The summed E-state index contributed by atoms with van der Waals surface area (Å²) in [4.78, 5) is 23.8. The number of carbonyl (C=O) groups excluding carboxylic acids is 2. The number of hydrogen-bond donors (Lipinski definition) is 2. The average molecular weight is 336 g/mol. The molecule has 4 heteroatoms. The Morgan fingerprint density at radius 2 is 1.76 bits per heavy atom. The van der Waals surface area contributed by atoms with Gasteiger partial charge >= 0.3 is 0 Å². The van der Waals surface area contributed by atoms with Gasteiger partial charge in [-0.25, -0.2) is 0 Å². The van der Waals surface area contributed by atoms with E-state index < -0.39 is 0 Å². The van der Waals surface area contributed by atoms with Gasteiger partial charge in [-0.1, -0.05) is 60.7 Å². The Labute approximate surface area is 148 Å². The average Bonchev–Trinajstić information content (AvgIpc) is 2.65. The van der Waals surface area contributed by atoms with E-state index in [4.69, 9.17) is 0 Å². The molecule has 0 bridgehead atoms. The van der Waals surface area contributed by atoms with Crippen molar-refractivity contribution in [2.45, 2.75) is 37.6 Å². The molecule has 2 N–H and O–H groups in total. The predicted octanol–water partition coefficient (Wildman–Crippen LogP) is 2.80. The van der Waals surface area contributed by atoms with Crippen molar-refractivity contribution in [3.63, 3.8) is 0 Å². The molecule has 2 amide bonds. The third-order valence-corrected chi connectivity index (χ3v) is 4.66. The van der Waals surface area contributed by atoms with E-state index in [1.165, 1.54) is 11.1 Å². The lowest BCUT2D eigenvalue weighted by atomic mass is 9.89. The van der Waals surface area contributed by atoms with Gasteiger partial charge in [-0.15, -0.1) is 0 Å². The molecule has 1 aliphatic heterocycles. The lowest BCUT2D eigenvalue weighted by Gasteiger charge is -2.25. The van der Waals surface area contributed by atoms with Crippen molar-refractivity contribution >= 4 is 11.8 Å². The van der Waals surface area contributed by atoms with Crippen molar-refractivity contribution in [3.8, 4) is 0 Å². The van der Waals surface area contributed by atoms with Crippen LogP contribution < -0.4 is 10.6 Å². The van der Waals surface area contributed by atoms with E-state index in [-0.39, 0.29) is 23.8 Å². The van der Waals surface area contributed by atoms with Crippen LogP contribution in [0.4, 0.5) is 0 Å². The topological polar surface area (TPSA) is 58.2 Å². The van der Waals surface area contributed by atoms with Gasteiger partial charge in [0.25, 0.3) is 0 Å². The van der Waals surface area contributed by atoms with Crippen LogP contribution in [0.2, 0.25) is 0 Å². The molecular formula is C21H24N2O2. The van der Waals surface area contributed by atoms with E-state index in [0.717, 1.165) is 6.42 Å². The van der Waals surface area contributed by atoms with Gasteiger partial charge in [-0.05, 0) is 29.9 Å². The van der Waals surface area contributed by atoms with Crippen LogP contribution in [0.1, 0.15) is 36.3 Å². The summed E-state index contributed by atoms with van der Waals surface area (Å²) in [5.74, 6) is 0.254. The van der Waals surface area contributed by atoms with Crippen molar-refractivity contribution in [2.75, 3.05) is 6.54 Å². The molecule has 1 saturated heterocycles. The Balaban J connectivity index is 1.65. The smallest absolute Gasteiger partial charge is 0.220 e. The number of benzene rings is 2. The highest BCUT2D eigenvalue weighted by molar-refractivity contribution is 5.79. The van der Waals surface area contributed by atoms with E-state index >= 15 is 0 Å². The molecule has 0 unspecified atom stereocenters. The van der Waals surface area contributed by atoms with E-state index in [1.54, 1.807) is 0 Å². The van der Waals surface area contributed by atoms with Crippen LogP contribution in [-0.2, 0) is 16.0 Å². The molecule has 0 saturated carbocycles. The van der Waals surface area contributed by atoms with Crippen LogP contribution in [0.3, 0.4) is 0 Å². The minimum Gasteiger partial charge on any atom is -0.354 e. The van der Waals surface area contributed by atoms with Crippen LogP contribution in [0, 0.1) is 0 Å². The Hall–Kier alpha value is -2.62. The number of piperidine rings is 1. The molecule has 2 aromatic carbocycles. The van der Waals surface area contributed by atoms with Gasteiger partial charge in [0.2, 0.25) is 11.8 Å². The van der Waals surface area contributed by atoms with Crippen LogP contribution in [0.25, 0.3) is 0 Å². The van der Waals surface area contributed by atoms with Crippen molar-refractivity contribution in [1.29, 1.82) is 0 Å². The zero-order chi connectivity index (χ0) is 17.5. The molecule has 0 aliphatic carbocycles. The number of nitrogens with one attached hydrogen (secondary N) is 2. The van der Waals surface area contributed by atoms with E-state index in [9.17, 15) is 9.59 Å². The highest BCUT2D eigenvalue weighted by Gasteiger charge is 2.22. The molecule has 0 aromatic heterocycles. The first-order valence-electron chi connectivity index (χ1n) is 8.85. The lowest BCUT2D eigenvalue weighted by Crippen LogP contribution is -2.48. The Morgan fingerprint density at radius 3 is 2.40 bits per heavy atom. The summed E-state index contributed by atoms with van der Waals surface area (Å²) in [6.07, 6.45) is 2.48. The van der Waals surface area contributed by atoms with Crippen LogP contribution >= 0.6 is 0 Å². The SMILES string of the molecule is O=C1CC[C@@H](NC(=O)C[C@@H](Cc2ccccc2)c2ccccc2)CN1. The van der Waals surface area contributed by atoms with Crippen molar-refractivity contribution in [1.82, 2.24) is 10.6 Å². The third kappa shape index (κ3) is 5.18. The van der Waals surface area contributed by atoms with Crippen LogP contribution in [-0.4, -0.2) is 24.4 Å². The number of hydrogen-bond acceptors (Lipinski definition) is 2. The second-order valence-corrected chi connectivity index (χ2v) is 6.61. The molecule has 25 heavy (non-hydrogen) atoms. The number of amides is 2. The molecule has 1 aliphatic rings. The highest BCUT2D eigenvalue weighted by atomic mass is 16.2. The first-order chi connectivity index (χ1) is 12.2. The van der Waals surface area contributed by atoms with Gasteiger partial charge in [0.15, 0.2) is 0 Å². The second kappa shape index (κ2) is 8.47. The first-order valence-corrected chi connectivity index (χ1v) is 8.85. The number of carbonyl (C=O) groups is 2. The Kier molecular flexibility index (Phi) is 5.83. The molecule has 3 rings (SSSR count). The fraction of sp³-hybridized carbons (Fsp3) is 0.333. The van der Waals surface area contributed by atoms with Gasteiger partial charge in [0, 0.05) is 25.4 Å². The van der Waals surface area contributed by atoms with E-state index in [2.05, 4.69) is 34.9 Å². The lowest BCUT2D eigenvalue weighted by molar-refractivity contribution is -0.125. The van der Waals surface area contributed by atoms with E-state index in [1.807, 2.05) is 36.4 Å². The quantitative estimate of drug-likeness (QED) is 0.852. The highest BCUT2D eigenvalue weighted by Crippen LogP contribution is 2.24.